The topological polar surface area (TPSA) is 52.3 Å². The molecule has 2 rings (SSSR count). The Morgan fingerprint density at radius 3 is 2.63 bits per heavy atom. The number of thiophene rings is 1. The Bertz CT molecular complexity index is 520. The van der Waals surface area contributed by atoms with E-state index in [4.69, 9.17) is 10.5 Å². The van der Waals surface area contributed by atoms with Crippen molar-refractivity contribution in [2.75, 3.05) is 6.61 Å². The molecule has 1 aromatic carbocycles. The standard InChI is InChI=1S/C15H17NO2S/c1-2-18-15(17)13(16)10-11-5-7-12(8-6-11)14-4-3-9-19-14/h3-9,13H,2,10,16H2,1H3/t13-/m0/s1. The summed E-state index contributed by atoms with van der Waals surface area (Å²) in [7, 11) is 0. The van der Waals surface area contributed by atoms with Crippen molar-refractivity contribution in [2.24, 2.45) is 5.73 Å². The van der Waals surface area contributed by atoms with Gasteiger partial charge in [0.2, 0.25) is 0 Å². The lowest BCUT2D eigenvalue weighted by Gasteiger charge is -2.10. The van der Waals surface area contributed by atoms with E-state index in [1.54, 1.807) is 18.3 Å². The van der Waals surface area contributed by atoms with E-state index in [0.29, 0.717) is 13.0 Å². The monoisotopic (exact) mass is 275 g/mol. The van der Waals surface area contributed by atoms with Gasteiger partial charge in [0.05, 0.1) is 6.61 Å². The number of rotatable bonds is 5. The average molecular weight is 275 g/mol. The molecule has 0 unspecified atom stereocenters. The third-order valence-corrected chi connectivity index (χ3v) is 3.72. The van der Waals surface area contributed by atoms with Crippen LogP contribution >= 0.6 is 11.3 Å². The smallest absolute Gasteiger partial charge is 0.323 e. The fourth-order valence-corrected chi connectivity index (χ4v) is 2.57. The van der Waals surface area contributed by atoms with Gasteiger partial charge in [-0.2, -0.15) is 0 Å². The fraction of sp³-hybridized carbons (Fsp3) is 0.267. The zero-order chi connectivity index (χ0) is 13.7. The van der Waals surface area contributed by atoms with Crippen molar-refractivity contribution >= 4 is 17.3 Å². The molecule has 1 heterocycles. The second-order valence-corrected chi connectivity index (χ2v) is 5.18. The van der Waals surface area contributed by atoms with Crippen LogP contribution in [0, 0.1) is 0 Å². The van der Waals surface area contributed by atoms with Gasteiger partial charge in [0.25, 0.3) is 0 Å². The molecule has 19 heavy (non-hydrogen) atoms. The highest BCUT2D eigenvalue weighted by Gasteiger charge is 2.14. The number of benzene rings is 1. The Kier molecular flexibility index (Phi) is 4.71. The van der Waals surface area contributed by atoms with E-state index in [2.05, 4.69) is 23.6 Å². The molecule has 0 radical (unpaired) electrons. The van der Waals surface area contributed by atoms with Crippen molar-refractivity contribution in [2.45, 2.75) is 19.4 Å². The van der Waals surface area contributed by atoms with Crippen molar-refractivity contribution < 1.29 is 9.53 Å². The minimum atomic E-state index is -0.590. The van der Waals surface area contributed by atoms with Crippen LogP contribution in [0.5, 0.6) is 0 Å². The van der Waals surface area contributed by atoms with Crippen LogP contribution in [0.2, 0.25) is 0 Å². The summed E-state index contributed by atoms with van der Waals surface area (Å²) in [6, 6.07) is 11.7. The Morgan fingerprint density at radius 2 is 2.05 bits per heavy atom. The lowest BCUT2D eigenvalue weighted by molar-refractivity contribution is -0.144. The molecule has 0 bridgehead atoms. The maximum atomic E-state index is 11.5. The molecule has 4 heteroatoms. The molecule has 0 saturated heterocycles. The molecule has 100 valence electrons. The minimum Gasteiger partial charge on any atom is -0.465 e. The lowest BCUT2D eigenvalue weighted by Crippen LogP contribution is -2.34. The van der Waals surface area contributed by atoms with Gasteiger partial charge in [0, 0.05) is 4.88 Å². The first kappa shape index (κ1) is 13.8. The van der Waals surface area contributed by atoms with Crippen molar-refractivity contribution in [1.29, 1.82) is 0 Å². The number of carbonyl (C=O) groups is 1. The highest BCUT2D eigenvalue weighted by Crippen LogP contribution is 2.24. The van der Waals surface area contributed by atoms with Gasteiger partial charge in [-0.05, 0) is 35.9 Å². The number of nitrogens with two attached hydrogens (primary N) is 1. The van der Waals surface area contributed by atoms with E-state index in [-0.39, 0.29) is 5.97 Å². The predicted octanol–water partition coefficient (Wildman–Crippen LogP) is 2.85. The number of ether oxygens (including phenoxy) is 1. The second kappa shape index (κ2) is 6.50. The van der Waals surface area contributed by atoms with Gasteiger partial charge in [0.1, 0.15) is 6.04 Å². The molecule has 3 nitrogen and oxygen atoms in total. The van der Waals surface area contributed by atoms with E-state index in [1.165, 1.54) is 10.4 Å². The molecule has 2 N–H and O–H groups in total. The summed E-state index contributed by atoms with van der Waals surface area (Å²) in [6.07, 6.45) is 0.504. The van der Waals surface area contributed by atoms with Gasteiger partial charge >= 0.3 is 5.97 Å². The maximum absolute atomic E-state index is 11.5. The van der Waals surface area contributed by atoms with Gasteiger partial charge in [-0.15, -0.1) is 11.3 Å². The molecule has 0 aliphatic rings. The first-order valence-corrected chi connectivity index (χ1v) is 7.13. The summed E-state index contributed by atoms with van der Waals surface area (Å²) in [5.74, 6) is -0.343. The first-order chi connectivity index (χ1) is 9.20. The molecular weight excluding hydrogens is 258 g/mol. The van der Waals surface area contributed by atoms with E-state index >= 15 is 0 Å². The summed E-state index contributed by atoms with van der Waals surface area (Å²) in [5, 5.41) is 2.06. The Hall–Kier alpha value is -1.65. The van der Waals surface area contributed by atoms with E-state index in [1.807, 2.05) is 18.2 Å². The first-order valence-electron chi connectivity index (χ1n) is 6.25. The zero-order valence-electron chi connectivity index (χ0n) is 10.8. The average Bonchev–Trinajstić information content (AvgIpc) is 2.94. The van der Waals surface area contributed by atoms with Crippen LogP contribution in [0.25, 0.3) is 10.4 Å². The molecular formula is C15H17NO2S. The summed E-state index contributed by atoms with van der Waals surface area (Å²) in [6.45, 7) is 2.14. The molecule has 0 amide bonds. The van der Waals surface area contributed by atoms with Crippen molar-refractivity contribution in [3.8, 4) is 10.4 Å². The van der Waals surface area contributed by atoms with Crippen molar-refractivity contribution in [1.82, 2.24) is 0 Å². The SMILES string of the molecule is CCOC(=O)[C@@H](N)Cc1ccc(-c2cccs2)cc1. The lowest BCUT2D eigenvalue weighted by atomic mass is 10.0. The highest BCUT2D eigenvalue weighted by atomic mass is 32.1. The van der Waals surface area contributed by atoms with Gasteiger partial charge in [-0.25, -0.2) is 0 Å². The molecule has 0 fully saturated rings. The van der Waals surface area contributed by atoms with Gasteiger partial charge in [-0.3, -0.25) is 4.79 Å². The maximum Gasteiger partial charge on any atom is 0.323 e. The molecule has 0 aliphatic carbocycles. The quantitative estimate of drug-likeness (QED) is 0.854. The fourth-order valence-electron chi connectivity index (χ4n) is 1.83. The third-order valence-electron chi connectivity index (χ3n) is 2.80. The second-order valence-electron chi connectivity index (χ2n) is 4.24. The van der Waals surface area contributed by atoms with Gasteiger partial charge < -0.3 is 10.5 Å². The zero-order valence-corrected chi connectivity index (χ0v) is 11.7. The van der Waals surface area contributed by atoms with E-state index in [9.17, 15) is 4.79 Å². The van der Waals surface area contributed by atoms with E-state index in [0.717, 1.165) is 5.56 Å². The molecule has 1 aromatic heterocycles. The van der Waals surface area contributed by atoms with Crippen LogP contribution in [0.4, 0.5) is 0 Å². The normalized spacial score (nSPS) is 12.1. The number of hydrogen-bond donors (Lipinski definition) is 1. The Labute approximate surface area is 117 Å². The van der Waals surface area contributed by atoms with Gasteiger partial charge in [0.15, 0.2) is 0 Å². The Morgan fingerprint density at radius 1 is 1.32 bits per heavy atom. The van der Waals surface area contributed by atoms with Gasteiger partial charge in [-0.1, -0.05) is 30.3 Å². The Balaban J connectivity index is 2.01. The third kappa shape index (κ3) is 3.66. The van der Waals surface area contributed by atoms with Crippen LogP contribution in [0.3, 0.4) is 0 Å². The van der Waals surface area contributed by atoms with Crippen molar-refractivity contribution in [3.63, 3.8) is 0 Å². The molecule has 1 atom stereocenters. The minimum absolute atomic E-state index is 0.343. The summed E-state index contributed by atoms with van der Waals surface area (Å²) < 4.78 is 4.90. The van der Waals surface area contributed by atoms with Crippen LogP contribution in [-0.2, 0) is 16.0 Å². The molecule has 2 aromatic rings. The van der Waals surface area contributed by atoms with Crippen LogP contribution in [0.15, 0.2) is 41.8 Å². The van der Waals surface area contributed by atoms with Crippen LogP contribution in [0.1, 0.15) is 12.5 Å². The molecule has 0 aliphatic heterocycles. The van der Waals surface area contributed by atoms with Crippen LogP contribution in [-0.4, -0.2) is 18.6 Å². The number of hydrogen-bond acceptors (Lipinski definition) is 4. The van der Waals surface area contributed by atoms with E-state index < -0.39 is 6.04 Å². The van der Waals surface area contributed by atoms with Crippen LogP contribution < -0.4 is 5.73 Å². The largest absolute Gasteiger partial charge is 0.465 e. The molecule has 0 saturated carbocycles. The number of carbonyl (C=O) groups excluding carboxylic acids is 1. The predicted molar refractivity (Wildman–Crippen MR) is 78.1 cm³/mol. The molecule has 0 spiro atoms. The highest BCUT2D eigenvalue weighted by molar-refractivity contribution is 7.13. The summed E-state index contributed by atoms with van der Waals surface area (Å²) in [5.41, 5.74) is 8.02. The summed E-state index contributed by atoms with van der Waals surface area (Å²) in [4.78, 5) is 12.7. The summed E-state index contributed by atoms with van der Waals surface area (Å²) >= 11 is 1.71. The van der Waals surface area contributed by atoms with Crippen molar-refractivity contribution in [3.05, 3.63) is 47.3 Å². The number of esters is 1.